The third-order valence-corrected chi connectivity index (χ3v) is 6.34. The highest BCUT2D eigenvalue weighted by atomic mass is 16.5. The van der Waals surface area contributed by atoms with Crippen molar-refractivity contribution in [3.8, 4) is 23.0 Å². The molecule has 1 unspecified atom stereocenters. The summed E-state index contributed by atoms with van der Waals surface area (Å²) in [6.45, 7) is 2.05. The van der Waals surface area contributed by atoms with Crippen LogP contribution in [0.2, 0.25) is 0 Å². The van der Waals surface area contributed by atoms with E-state index in [0.717, 1.165) is 36.0 Å². The Bertz CT molecular complexity index is 1150. The molecule has 1 atom stereocenters. The molecule has 0 aliphatic rings. The molecule has 0 fully saturated rings. The van der Waals surface area contributed by atoms with Gasteiger partial charge in [0.25, 0.3) is 0 Å². The van der Waals surface area contributed by atoms with Crippen molar-refractivity contribution in [1.82, 2.24) is 10.3 Å². The molecule has 0 saturated heterocycles. The van der Waals surface area contributed by atoms with Gasteiger partial charge in [-0.25, -0.2) is 0 Å². The van der Waals surface area contributed by atoms with Gasteiger partial charge in [-0.05, 0) is 85.2 Å². The second-order valence-corrected chi connectivity index (χ2v) is 9.02. The van der Waals surface area contributed by atoms with Crippen LogP contribution >= 0.6 is 0 Å². The Hall–Kier alpha value is -4.00. The van der Waals surface area contributed by atoms with E-state index in [2.05, 4.69) is 29.4 Å². The highest BCUT2D eigenvalue weighted by Crippen LogP contribution is 2.36. The van der Waals surface area contributed by atoms with Gasteiger partial charge in [0.2, 0.25) is 5.91 Å². The van der Waals surface area contributed by atoms with E-state index in [4.69, 9.17) is 18.9 Å². The summed E-state index contributed by atoms with van der Waals surface area (Å²) in [5.41, 5.74) is 4.07. The molecule has 0 saturated carbocycles. The summed E-state index contributed by atoms with van der Waals surface area (Å²) < 4.78 is 21.9. The summed E-state index contributed by atoms with van der Waals surface area (Å²) in [7, 11) is 6.45. The van der Waals surface area contributed by atoms with Crippen LogP contribution in [0.25, 0.3) is 5.57 Å². The van der Waals surface area contributed by atoms with E-state index < -0.39 is 0 Å². The average Bonchev–Trinajstić information content (AvgIpc) is 2.95. The molecule has 2 aromatic carbocycles. The van der Waals surface area contributed by atoms with Gasteiger partial charge in [0.05, 0.1) is 28.4 Å². The predicted octanol–water partition coefficient (Wildman–Crippen LogP) is 5.86. The highest BCUT2D eigenvalue weighted by molar-refractivity contribution is 5.83. The zero-order valence-corrected chi connectivity index (χ0v) is 23.0. The molecule has 7 heteroatoms. The van der Waals surface area contributed by atoms with E-state index in [1.807, 2.05) is 48.7 Å². The van der Waals surface area contributed by atoms with Crippen LogP contribution in [0.4, 0.5) is 0 Å². The second kappa shape index (κ2) is 14.7. The van der Waals surface area contributed by atoms with Crippen LogP contribution < -0.4 is 24.3 Å². The van der Waals surface area contributed by atoms with Crippen molar-refractivity contribution in [3.63, 3.8) is 0 Å². The molecule has 0 radical (unpaired) electrons. The number of aromatic nitrogens is 1. The lowest BCUT2D eigenvalue weighted by molar-refractivity contribution is -0.121. The Morgan fingerprint density at radius 2 is 1.50 bits per heavy atom. The van der Waals surface area contributed by atoms with E-state index in [0.29, 0.717) is 35.8 Å². The largest absolute Gasteiger partial charge is 0.493 e. The zero-order valence-electron chi connectivity index (χ0n) is 23.0. The lowest BCUT2D eigenvalue weighted by Crippen LogP contribution is -2.32. The summed E-state index contributed by atoms with van der Waals surface area (Å²) in [4.78, 5) is 16.8. The molecule has 0 bridgehead atoms. The number of hydrogen-bond donors (Lipinski definition) is 1. The molecular formula is C31H38N2O5. The number of rotatable bonds is 14. The van der Waals surface area contributed by atoms with E-state index in [-0.39, 0.29) is 11.9 Å². The van der Waals surface area contributed by atoms with E-state index in [1.165, 1.54) is 5.56 Å². The second-order valence-electron chi connectivity index (χ2n) is 9.02. The minimum atomic E-state index is 0.0362. The van der Waals surface area contributed by atoms with Crippen LogP contribution in [0.3, 0.4) is 0 Å². The Labute approximate surface area is 225 Å². The van der Waals surface area contributed by atoms with Gasteiger partial charge in [0.1, 0.15) is 0 Å². The summed E-state index contributed by atoms with van der Waals surface area (Å²) >= 11 is 0. The quantitative estimate of drug-likeness (QED) is 0.288. The average molecular weight is 519 g/mol. The van der Waals surface area contributed by atoms with Gasteiger partial charge in [-0.15, -0.1) is 0 Å². The molecule has 3 aromatic rings. The summed E-state index contributed by atoms with van der Waals surface area (Å²) in [6, 6.07) is 15.7. The van der Waals surface area contributed by atoms with E-state index in [9.17, 15) is 4.79 Å². The number of carbonyl (C=O) groups excluding carboxylic acids is 1. The smallest absolute Gasteiger partial charge is 0.220 e. The SMILES string of the molecule is COc1ccc(C(=CCCC(=O)NC(C)CCCc2cccnc2)c2ccc(OC)c(OC)c2)cc1OC. The van der Waals surface area contributed by atoms with Crippen LogP contribution in [0.1, 0.15) is 49.3 Å². The maximum atomic E-state index is 12.7. The third kappa shape index (κ3) is 8.00. The standard InChI is InChI=1S/C31H38N2O5/c1-22(9-6-10-23-11-8-18-32-21-23)33-31(34)13-7-12-26(24-14-16-27(35-2)29(19-24)37-4)25-15-17-28(36-3)30(20-25)38-5/h8,11-12,14-22H,6-7,9-10,13H2,1-5H3,(H,33,34). The summed E-state index contributed by atoms with van der Waals surface area (Å²) in [5.74, 6) is 2.61. The Balaban J connectivity index is 1.70. The van der Waals surface area contributed by atoms with Crippen molar-refractivity contribution >= 4 is 11.5 Å². The number of nitrogens with zero attached hydrogens (tertiary/aromatic N) is 1. The molecule has 202 valence electrons. The van der Waals surface area contributed by atoms with E-state index >= 15 is 0 Å². The monoisotopic (exact) mass is 518 g/mol. The minimum Gasteiger partial charge on any atom is -0.493 e. The molecule has 1 amide bonds. The van der Waals surface area contributed by atoms with Crippen molar-refractivity contribution in [2.24, 2.45) is 0 Å². The van der Waals surface area contributed by atoms with Crippen molar-refractivity contribution in [2.45, 2.75) is 45.1 Å². The van der Waals surface area contributed by atoms with Crippen molar-refractivity contribution < 1.29 is 23.7 Å². The number of methoxy groups -OCH3 is 4. The zero-order chi connectivity index (χ0) is 27.3. The first-order valence-electron chi connectivity index (χ1n) is 12.8. The van der Waals surface area contributed by atoms with Gasteiger partial charge in [0, 0.05) is 24.9 Å². The van der Waals surface area contributed by atoms with E-state index in [1.54, 1.807) is 34.6 Å². The molecule has 1 aromatic heterocycles. The fourth-order valence-electron chi connectivity index (χ4n) is 4.34. The number of aryl methyl sites for hydroxylation is 1. The number of carbonyl (C=O) groups is 1. The third-order valence-electron chi connectivity index (χ3n) is 6.34. The number of nitrogens with one attached hydrogen (secondary N) is 1. The van der Waals surface area contributed by atoms with Crippen LogP contribution in [-0.4, -0.2) is 45.4 Å². The molecule has 0 aliphatic carbocycles. The maximum Gasteiger partial charge on any atom is 0.220 e. The number of allylic oxidation sites excluding steroid dienone is 1. The molecule has 7 nitrogen and oxygen atoms in total. The molecule has 1 heterocycles. The van der Waals surface area contributed by atoms with Crippen LogP contribution in [0.15, 0.2) is 67.0 Å². The Morgan fingerprint density at radius 3 is 2.03 bits per heavy atom. The number of hydrogen-bond acceptors (Lipinski definition) is 6. The number of amides is 1. The lowest BCUT2D eigenvalue weighted by atomic mass is 9.95. The minimum absolute atomic E-state index is 0.0362. The van der Waals surface area contributed by atoms with Crippen molar-refractivity contribution in [3.05, 3.63) is 83.7 Å². The summed E-state index contributed by atoms with van der Waals surface area (Å²) in [5, 5.41) is 3.13. The van der Waals surface area contributed by atoms with Gasteiger partial charge in [-0.1, -0.05) is 24.3 Å². The predicted molar refractivity (Wildman–Crippen MR) is 150 cm³/mol. The molecule has 0 aliphatic heterocycles. The van der Waals surface area contributed by atoms with Crippen LogP contribution in [0, 0.1) is 0 Å². The van der Waals surface area contributed by atoms with Crippen LogP contribution in [0.5, 0.6) is 23.0 Å². The fraction of sp³-hybridized carbons (Fsp3) is 0.355. The summed E-state index contributed by atoms with van der Waals surface area (Å²) in [6.07, 6.45) is 9.58. The van der Waals surface area contributed by atoms with Gasteiger partial charge in [0.15, 0.2) is 23.0 Å². The van der Waals surface area contributed by atoms with Gasteiger partial charge in [-0.2, -0.15) is 0 Å². The maximum absolute atomic E-state index is 12.7. The first kappa shape index (κ1) is 28.6. The molecule has 1 N–H and O–H groups in total. The Morgan fingerprint density at radius 1 is 0.895 bits per heavy atom. The number of benzene rings is 2. The number of pyridine rings is 1. The normalized spacial score (nSPS) is 11.3. The van der Waals surface area contributed by atoms with Crippen molar-refractivity contribution in [1.29, 1.82) is 0 Å². The molecule has 3 rings (SSSR count). The topological polar surface area (TPSA) is 78.9 Å². The molecule has 0 spiro atoms. The molecular weight excluding hydrogens is 480 g/mol. The first-order chi connectivity index (χ1) is 18.5. The van der Waals surface area contributed by atoms with Gasteiger partial charge in [-0.3, -0.25) is 9.78 Å². The van der Waals surface area contributed by atoms with Gasteiger partial charge < -0.3 is 24.3 Å². The van der Waals surface area contributed by atoms with Gasteiger partial charge >= 0.3 is 0 Å². The highest BCUT2D eigenvalue weighted by Gasteiger charge is 2.14. The fourth-order valence-corrected chi connectivity index (χ4v) is 4.34. The molecule has 38 heavy (non-hydrogen) atoms. The van der Waals surface area contributed by atoms with Crippen molar-refractivity contribution in [2.75, 3.05) is 28.4 Å². The lowest BCUT2D eigenvalue weighted by Gasteiger charge is -2.16. The Kier molecular flexibility index (Phi) is 11.0. The van der Waals surface area contributed by atoms with Crippen LogP contribution in [-0.2, 0) is 11.2 Å². The number of ether oxygens (including phenoxy) is 4. The first-order valence-corrected chi connectivity index (χ1v) is 12.8.